The quantitative estimate of drug-likeness (QED) is 0.723. The third kappa shape index (κ3) is 5.57. The number of hydrogen-bond acceptors (Lipinski definition) is 5. The van der Waals surface area contributed by atoms with E-state index in [0.717, 1.165) is 0 Å². The highest BCUT2D eigenvalue weighted by Gasteiger charge is 2.27. The number of nitrogens with one attached hydrogen (secondary N) is 2. The molecule has 0 spiro atoms. The number of amides is 1. The maximum Gasteiger partial charge on any atom is 0.405 e. The monoisotopic (exact) mass is 374 g/mol. The summed E-state index contributed by atoms with van der Waals surface area (Å²) in [5, 5.41) is 13.4. The van der Waals surface area contributed by atoms with Crippen molar-refractivity contribution in [2.75, 3.05) is 25.0 Å². The first-order valence-electron chi connectivity index (χ1n) is 7.13. The summed E-state index contributed by atoms with van der Waals surface area (Å²) in [7, 11) is 0. The molecular formula is C15H14ClF3N4O2. The van der Waals surface area contributed by atoms with Crippen LogP contribution < -0.4 is 10.6 Å². The Balaban J connectivity index is 2.18. The molecule has 0 aliphatic carbocycles. The van der Waals surface area contributed by atoms with E-state index in [1.165, 1.54) is 18.3 Å². The highest BCUT2D eigenvalue weighted by atomic mass is 35.5. The standard InChI is InChI=1S/C15H14ClF3N4O2/c16-11-7-21-14(22-8-15(17,18)19)23-12(11)9-1-3-10(4-2-9)13(25)20-5-6-24/h1-4,7,24H,5-6,8H2,(H,20,25)(H,21,22,23). The van der Waals surface area contributed by atoms with E-state index in [2.05, 4.69) is 20.6 Å². The number of anilines is 1. The molecule has 0 saturated carbocycles. The minimum atomic E-state index is -4.40. The van der Waals surface area contributed by atoms with Crippen molar-refractivity contribution in [3.05, 3.63) is 41.0 Å². The molecule has 0 fully saturated rings. The summed E-state index contributed by atoms with van der Waals surface area (Å²) in [6, 6.07) is 6.16. The van der Waals surface area contributed by atoms with Crippen LogP contribution in [0, 0.1) is 0 Å². The van der Waals surface area contributed by atoms with Gasteiger partial charge >= 0.3 is 6.18 Å². The molecule has 10 heteroatoms. The van der Waals surface area contributed by atoms with Crippen LogP contribution in [0.5, 0.6) is 0 Å². The van der Waals surface area contributed by atoms with Crippen LogP contribution in [0.1, 0.15) is 10.4 Å². The molecule has 1 aromatic carbocycles. The third-order valence-electron chi connectivity index (χ3n) is 3.01. The average Bonchev–Trinajstić information content (AvgIpc) is 2.58. The van der Waals surface area contributed by atoms with E-state index in [0.29, 0.717) is 11.1 Å². The first-order valence-corrected chi connectivity index (χ1v) is 7.50. The molecular weight excluding hydrogens is 361 g/mol. The Labute approximate surface area is 146 Å². The lowest BCUT2D eigenvalue weighted by Gasteiger charge is -2.10. The fraction of sp³-hybridized carbons (Fsp3) is 0.267. The molecule has 1 amide bonds. The van der Waals surface area contributed by atoms with E-state index in [9.17, 15) is 18.0 Å². The topological polar surface area (TPSA) is 87.1 Å². The van der Waals surface area contributed by atoms with Gasteiger partial charge in [-0.2, -0.15) is 13.2 Å². The molecule has 1 heterocycles. The first kappa shape index (κ1) is 18.9. The number of carbonyl (C=O) groups is 1. The van der Waals surface area contributed by atoms with Gasteiger partial charge in [0.05, 0.1) is 23.5 Å². The van der Waals surface area contributed by atoms with Gasteiger partial charge in [-0.3, -0.25) is 4.79 Å². The summed E-state index contributed by atoms with van der Waals surface area (Å²) in [5.74, 6) is -0.566. The number of nitrogens with zero attached hydrogens (tertiary/aromatic N) is 2. The number of carbonyl (C=O) groups excluding carboxylic acids is 1. The highest BCUT2D eigenvalue weighted by Crippen LogP contribution is 2.27. The number of aliphatic hydroxyl groups excluding tert-OH is 1. The largest absolute Gasteiger partial charge is 0.405 e. The zero-order valence-electron chi connectivity index (χ0n) is 12.8. The number of aromatic nitrogens is 2. The maximum atomic E-state index is 12.3. The Bertz CT molecular complexity index is 739. The van der Waals surface area contributed by atoms with Gasteiger partial charge in [0.1, 0.15) is 6.54 Å². The number of rotatable bonds is 6. The lowest BCUT2D eigenvalue weighted by Crippen LogP contribution is -2.26. The molecule has 0 unspecified atom stereocenters. The SMILES string of the molecule is O=C(NCCO)c1ccc(-c2nc(NCC(F)(F)F)ncc2Cl)cc1. The van der Waals surface area contributed by atoms with Gasteiger partial charge < -0.3 is 15.7 Å². The summed E-state index contributed by atoms with van der Waals surface area (Å²) in [5.41, 5.74) is 1.11. The second kappa shape index (κ2) is 8.13. The van der Waals surface area contributed by atoms with Crippen molar-refractivity contribution >= 4 is 23.5 Å². The third-order valence-corrected chi connectivity index (χ3v) is 3.29. The van der Waals surface area contributed by atoms with Crippen LogP contribution in [0.3, 0.4) is 0 Å². The van der Waals surface area contributed by atoms with Crippen molar-refractivity contribution in [2.24, 2.45) is 0 Å². The smallest absolute Gasteiger partial charge is 0.395 e. The van der Waals surface area contributed by atoms with Gasteiger partial charge in [-0.1, -0.05) is 23.7 Å². The normalized spacial score (nSPS) is 11.2. The van der Waals surface area contributed by atoms with Crippen LogP contribution >= 0.6 is 11.6 Å². The Kier molecular flexibility index (Phi) is 6.16. The average molecular weight is 375 g/mol. The zero-order chi connectivity index (χ0) is 18.4. The predicted molar refractivity (Wildman–Crippen MR) is 86.4 cm³/mol. The van der Waals surface area contributed by atoms with Crippen molar-refractivity contribution in [1.82, 2.24) is 15.3 Å². The van der Waals surface area contributed by atoms with Gasteiger partial charge in [0.2, 0.25) is 5.95 Å². The van der Waals surface area contributed by atoms with Gasteiger partial charge in [-0.15, -0.1) is 0 Å². The summed E-state index contributed by atoms with van der Waals surface area (Å²) >= 11 is 6.01. The zero-order valence-corrected chi connectivity index (χ0v) is 13.5. The lowest BCUT2D eigenvalue weighted by atomic mass is 10.1. The number of halogens is 4. The lowest BCUT2D eigenvalue weighted by molar-refractivity contribution is -0.115. The summed E-state index contributed by atoms with van der Waals surface area (Å²) < 4.78 is 36.8. The Morgan fingerprint density at radius 3 is 2.52 bits per heavy atom. The molecule has 0 aliphatic rings. The van der Waals surface area contributed by atoms with Crippen LogP contribution in [0.25, 0.3) is 11.3 Å². The summed E-state index contributed by atoms with van der Waals surface area (Å²) in [6.07, 6.45) is -3.20. The molecule has 1 aromatic heterocycles. The molecule has 25 heavy (non-hydrogen) atoms. The fourth-order valence-corrected chi connectivity index (χ4v) is 2.09. The number of hydrogen-bond donors (Lipinski definition) is 3. The molecule has 0 bridgehead atoms. The van der Waals surface area contributed by atoms with Crippen LogP contribution in [0.15, 0.2) is 30.5 Å². The highest BCUT2D eigenvalue weighted by molar-refractivity contribution is 6.32. The van der Waals surface area contributed by atoms with E-state index in [4.69, 9.17) is 16.7 Å². The number of aliphatic hydroxyl groups is 1. The Hall–Kier alpha value is -2.39. The molecule has 2 aromatic rings. The fourth-order valence-electron chi connectivity index (χ4n) is 1.88. The van der Waals surface area contributed by atoms with Crippen molar-refractivity contribution in [2.45, 2.75) is 6.18 Å². The van der Waals surface area contributed by atoms with E-state index in [1.807, 2.05) is 0 Å². The second-order valence-electron chi connectivity index (χ2n) is 4.92. The van der Waals surface area contributed by atoms with Crippen molar-refractivity contribution < 1.29 is 23.1 Å². The summed E-state index contributed by atoms with van der Waals surface area (Å²) in [4.78, 5) is 19.4. The minimum absolute atomic E-state index is 0.132. The van der Waals surface area contributed by atoms with Crippen LogP contribution in [0.4, 0.5) is 19.1 Å². The van der Waals surface area contributed by atoms with Crippen LogP contribution in [0.2, 0.25) is 5.02 Å². The van der Waals surface area contributed by atoms with Crippen molar-refractivity contribution in [1.29, 1.82) is 0 Å². The Morgan fingerprint density at radius 2 is 1.92 bits per heavy atom. The van der Waals surface area contributed by atoms with E-state index >= 15 is 0 Å². The van der Waals surface area contributed by atoms with Gasteiger partial charge in [0.25, 0.3) is 5.91 Å². The summed E-state index contributed by atoms with van der Waals surface area (Å²) in [6.45, 7) is -1.31. The predicted octanol–water partition coefficient (Wildman–Crippen LogP) is 2.49. The molecule has 0 atom stereocenters. The second-order valence-corrected chi connectivity index (χ2v) is 5.32. The van der Waals surface area contributed by atoms with E-state index < -0.39 is 12.7 Å². The van der Waals surface area contributed by atoms with Gasteiger partial charge in [-0.05, 0) is 12.1 Å². The van der Waals surface area contributed by atoms with Crippen molar-refractivity contribution in [3.8, 4) is 11.3 Å². The number of alkyl halides is 3. The van der Waals surface area contributed by atoms with Crippen molar-refractivity contribution in [3.63, 3.8) is 0 Å². The number of benzene rings is 1. The molecule has 2 rings (SSSR count). The van der Waals surface area contributed by atoms with E-state index in [-0.39, 0.29) is 35.7 Å². The van der Waals surface area contributed by atoms with Crippen LogP contribution in [-0.4, -0.2) is 46.9 Å². The van der Waals surface area contributed by atoms with Crippen LogP contribution in [-0.2, 0) is 0 Å². The van der Waals surface area contributed by atoms with Gasteiger partial charge in [0.15, 0.2) is 0 Å². The molecule has 3 N–H and O–H groups in total. The molecule has 6 nitrogen and oxygen atoms in total. The molecule has 0 saturated heterocycles. The van der Waals surface area contributed by atoms with Gasteiger partial charge in [0, 0.05) is 17.7 Å². The molecule has 0 radical (unpaired) electrons. The molecule has 134 valence electrons. The first-order chi connectivity index (χ1) is 11.8. The Morgan fingerprint density at radius 1 is 1.24 bits per heavy atom. The van der Waals surface area contributed by atoms with E-state index in [1.54, 1.807) is 12.1 Å². The van der Waals surface area contributed by atoms with Gasteiger partial charge in [-0.25, -0.2) is 9.97 Å². The molecule has 0 aliphatic heterocycles. The maximum absolute atomic E-state index is 12.3. The minimum Gasteiger partial charge on any atom is -0.395 e.